The topological polar surface area (TPSA) is 102 Å². The molecule has 0 bridgehead atoms. The molecule has 2 atom stereocenters. The number of rotatable bonds is 4. The second-order valence-corrected chi connectivity index (χ2v) is 9.87. The maximum atomic E-state index is 15.5. The average molecular weight is 524 g/mol. The zero-order valence-electron chi connectivity index (χ0n) is 24.6. The van der Waals surface area contributed by atoms with Gasteiger partial charge in [0.25, 0.3) is 0 Å². The first kappa shape index (κ1) is 18.9. The Kier molecular flexibility index (Phi) is 4.01. The summed E-state index contributed by atoms with van der Waals surface area (Å²) in [4.78, 5) is 13.4. The van der Waals surface area contributed by atoms with Crippen LogP contribution in [0.25, 0.3) is 10.9 Å². The first-order chi connectivity index (χ1) is 19.2. The van der Waals surface area contributed by atoms with E-state index < -0.39 is 54.3 Å². The van der Waals surface area contributed by atoms with E-state index >= 15 is 4.39 Å². The Balaban J connectivity index is 1.40. The highest BCUT2D eigenvalue weighted by Crippen LogP contribution is 2.52. The minimum Gasteiger partial charge on any atom is -0.395 e. The normalized spacial score (nSPS) is 30.1. The van der Waals surface area contributed by atoms with Gasteiger partial charge in [0.15, 0.2) is 17.8 Å². The number of benzene rings is 2. The van der Waals surface area contributed by atoms with Gasteiger partial charge in [-0.3, -0.25) is 4.79 Å². The van der Waals surface area contributed by atoms with Gasteiger partial charge in [-0.15, -0.1) is 8.78 Å². The molecule has 1 amide bonds. The summed E-state index contributed by atoms with van der Waals surface area (Å²) in [6.07, 6.45) is -8.48. The van der Waals surface area contributed by atoms with Crippen LogP contribution in [0.15, 0.2) is 36.4 Å². The van der Waals surface area contributed by atoms with E-state index in [-0.39, 0.29) is 33.8 Å². The van der Waals surface area contributed by atoms with E-state index in [9.17, 15) is 23.8 Å². The van der Waals surface area contributed by atoms with E-state index in [2.05, 4.69) is 14.8 Å². The molecule has 196 valence electrons. The molecule has 3 heterocycles. The molecular formula is C26H25F3N2O6. The number of alkyl halides is 2. The zero-order valence-corrected chi connectivity index (χ0v) is 19.6. The summed E-state index contributed by atoms with van der Waals surface area (Å²) < 4.78 is 98.5. The summed E-state index contributed by atoms with van der Waals surface area (Å²) in [5, 5.41) is 23.6. The number of amides is 1. The van der Waals surface area contributed by atoms with Crippen molar-refractivity contribution in [3.63, 3.8) is 0 Å². The molecule has 8 nitrogen and oxygen atoms in total. The number of anilines is 1. The lowest BCUT2D eigenvalue weighted by atomic mass is 9.88. The maximum absolute atomic E-state index is 15.5. The third kappa shape index (κ3) is 3.75. The van der Waals surface area contributed by atoms with Crippen molar-refractivity contribution in [3.8, 4) is 11.5 Å². The van der Waals surface area contributed by atoms with Gasteiger partial charge in [0.2, 0.25) is 5.91 Å². The van der Waals surface area contributed by atoms with Crippen molar-refractivity contribution in [3.05, 3.63) is 53.5 Å². The number of aliphatic hydroxyl groups excluding tert-OH is 1. The van der Waals surface area contributed by atoms with Crippen molar-refractivity contribution in [1.29, 1.82) is 0 Å². The minimum atomic E-state index is -3.83. The Morgan fingerprint density at radius 2 is 1.97 bits per heavy atom. The number of carbonyl (C=O) groups is 1. The number of carbonyl (C=O) groups excluding carboxylic acids is 1. The van der Waals surface area contributed by atoms with Gasteiger partial charge in [-0.25, -0.2) is 4.39 Å². The summed E-state index contributed by atoms with van der Waals surface area (Å²) in [5.41, 5.74) is -2.69. The predicted octanol–water partition coefficient (Wildman–Crippen LogP) is 3.76. The number of aliphatic hydroxyl groups is 2. The highest BCUT2D eigenvalue weighted by Gasteiger charge is 2.53. The van der Waals surface area contributed by atoms with Crippen LogP contribution in [0.3, 0.4) is 0 Å². The van der Waals surface area contributed by atoms with Crippen LogP contribution in [0.1, 0.15) is 44.8 Å². The van der Waals surface area contributed by atoms with Crippen LogP contribution in [-0.4, -0.2) is 45.9 Å². The summed E-state index contributed by atoms with van der Waals surface area (Å²) in [7, 11) is 0. The fourth-order valence-electron chi connectivity index (χ4n) is 4.75. The van der Waals surface area contributed by atoms with E-state index in [1.807, 2.05) is 0 Å². The first-order valence-electron chi connectivity index (χ1n) is 13.9. The Labute approximate surface area is 216 Å². The van der Waals surface area contributed by atoms with Gasteiger partial charge in [0.1, 0.15) is 11.9 Å². The molecule has 0 radical (unpaired) electrons. The van der Waals surface area contributed by atoms with E-state index in [0.29, 0.717) is 18.4 Å². The molecule has 1 aromatic heterocycles. The lowest BCUT2D eigenvalue weighted by molar-refractivity contribution is -0.286. The number of hydrogen-bond donors (Lipinski definition) is 3. The molecule has 11 heteroatoms. The third-order valence-corrected chi connectivity index (χ3v) is 7.10. The van der Waals surface area contributed by atoms with Gasteiger partial charge in [-0.05, 0) is 56.5 Å². The number of nitrogens with zero attached hydrogens (tertiary/aromatic N) is 1. The molecule has 0 spiro atoms. The van der Waals surface area contributed by atoms with Crippen molar-refractivity contribution < 1.29 is 49.2 Å². The Bertz CT molecular complexity index is 1660. The first-order valence-corrected chi connectivity index (χ1v) is 11.4. The van der Waals surface area contributed by atoms with Crippen molar-refractivity contribution in [2.75, 3.05) is 11.9 Å². The molecular weight excluding hydrogens is 493 g/mol. The molecule has 3 aromatic rings. The highest BCUT2D eigenvalue weighted by atomic mass is 19.3. The van der Waals surface area contributed by atoms with Gasteiger partial charge >= 0.3 is 6.29 Å². The van der Waals surface area contributed by atoms with Crippen LogP contribution in [0.4, 0.5) is 18.9 Å². The zero-order chi connectivity index (χ0) is 30.8. The lowest BCUT2D eigenvalue weighted by Gasteiger charge is -2.29. The largest absolute Gasteiger partial charge is 0.586 e. The summed E-state index contributed by atoms with van der Waals surface area (Å²) in [6.45, 7) is -3.91. The Morgan fingerprint density at radius 3 is 2.68 bits per heavy atom. The molecule has 37 heavy (non-hydrogen) atoms. The summed E-state index contributed by atoms with van der Waals surface area (Å²) in [5.74, 6) is -2.04. The molecule has 2 unspecified atom stereocenters. The molecule has 3 aliphatic rings. The monoisotopic (exact) mass is 523 g/mol. The number of ether oxygens (including phenoxy) is 3. The summed E-state index contributed by atoms with van der Waals surface area (Å²) >= 11 is 0. The fourth-order valence-corrected chi connectivity index (χ4v) is 4.75. The molecule has 0 saturated heterocycles. The Hall–Kier alpha value is -3.28. The number of nitrogens with one attached hydrogen (secondary N) is 1. The van der Waals surface area contributed by atoms with Crippen LogP contribution in [0.2, 0.25) is 0 Å². The quantitative estimate of drug-likeness (QED) is 0.482. The number of hydrogen-bond acceptors (Lipinski definition) is 6. The van der Waals surface area contributed by atoms with Crippen molar-refractivity contribution in [2.45, 2.75) is 62.7 Å². The van der Waals surface area contributed by atoms with E-state index in [1.165, 1.54) is 44.2 Å². The maximum Gasteiger partial charge on any atom is 0.586 e. The molecule has 1 saturated carbocycles. The number of aromatic nitrogens is 1. The van der Waals surface area contributed by atoms with E-state index in [1.54, 1.807) is 0 Å². The number of halogens is 3. The molecule has 2 aromatic carbocycles. The lowest BCUT2D eigenvalue weighted by Crippen LogP contribution is -2.37. The predicted molar refractivity (Wildman–Crippen MR) is 125 cm³/mol. The van der Waals surface area contributed by atoms with Crippen LogP contribution in [0.5, 0.6) is 11.5 Å². The van der Waals surface area contributed by atoms with Gasteiger partial charge in [-0.2, -0.15) is 0 Å². The van der Waals surface area contributed by atoms with Gasteiger partial charge in [0, 0.05) is 17.1 Å². The van der Waals surface area contributed by atoms with Crippen LogP contribution in [-0.2, 0) is 26.9 Å². The Morgan fingerprint density at radius 1 is 1.24 bits per heavy atom. The van der Waals surface area contributed by atoms with Crippen LogP contribution >= 0.6 is 0 Å². The molecule has 3 N–H and O–H groups in total. The van der Waals surface area contributed by atoms with E-state index in [4.69, 9.17) is 11.6 Å². The second-order valence-electron chi connectivity index (χ2n) is 9.87. The smallest absolute Gasteiger partial charge is 0.395 e. The van der Waals surface area contributed by atoms with Crippen LogP contribution in [0, 0.1) is 5.82 Å². The number of fused-ring (bicyclic) bond motifs is 4. The van der Waals surface area contributed by atoms with Crippen molar-refractivity contribution in [2.24, 2.45) is 0 Å². The third-order valence-electron chi connectivity index (χ3n) is 7.10. The molecule has 1 fully saturated rings. The average Bonchev–Trinajstić information content (AvgIpc) is 3.50. The SMILES string of the molecule is [2H]C([2H])(O)C1([2H])OC(O)C(C)(C)c2cc3cc(NC(=O)C4(c5ccc6c(c5)OC(F)(F)O6)CC4)c(F)cc3n2C1([2H])[2H]. The standard InChI is InChI=1S/C26H25F3N2O6/c1-24(2)21-8-13-7-17(16(27)10-18(13)31(21)11-15(12-32)35-23(24)34)30-22(33)25(5-6-25)14-3-4-19-20(9-14)37-26(28,29)36-19/h3-4,7-10,15,23,32,34H,5-6,11-12H2,1-2H3,(H,30,33)/i11D2,12D2,15D. The minimum absolute atomic E-state index is 0.00655. The fraction of sp³-hybridized carbons (Fsp3) is 0.423. The van der Waals surface area contributed by atoms with Gasteiger partial charge < -0.3 is 34.3 Å². The van der Waals surface area contributed by atoms with Crippen molar-refractivity contribution in [1.82, 2.24) is 4.57 Å². The second kappa shape index (κ2) is 7.86. The van der Waals surface area contributed by atoms with E-state index in [0.717, 1.165) is 10.6 Å². The highest BCUT2D eigenvalue weighted by molar-refractivity contribution is 6.03. The van der Waals surface area contributed by atoms with Crippen molar-refractivity contribution >= 4 is 22.5 Å². The summed E-state index contributed by atoms with van der Waals surface area (Å²) in [6, 6.07) is 7.48. The molecule has 2 aliphatic heterocycles. The van der Waals surface area contributed by atoms with Crippen LogP contribution < -0.4 is 14.8 Å². The molecule has 6 rings (SSSR count). The van der Waals surface area contributed by atoms with Gasteiger partial charge in [0.05, 0.1) is 41.9 Å². The van der Waals surface area contributed by atoms with Gasteiger partial charge in [-0.1, -0.05) is 6.07 Å². The molecule has 1 aliphatic carbocycles.